The fraction of sp³-hybridized carbons (Fsp3) is 0.632. The number of rotatable bonds is 5. The molecule has 1 unspecified atom stereocenters. The third kappa shape index (κ3) is 4.00. The van der Waals surface area contributed by atoms with Gasteiger partial charge in [-0.25, -0.2) is 4.79 Å². The fourth-order valence-electron chi connectivity index (χ4n) is 3.68. The Morgan fingerprint density at radius 2 is 1.88 bits per heavy atom. The number of ether oxygens (including phenoxy) is 3. The van der Waals surface area contributed by atoms with Gasteiger partial charge in [0.05, 0.1) is 13.2 Å². The summed E-state index contributed by atoms with van der Waals surface area (Å²) in [7, 11) is 0. The molecule has 6 nitrogen and oxygen atoms in total. The van der Waals surface area contributed by atoms with Crippen LogP contribution in [0.1, 0.15) is 30.7 Å². The molecular weight excluding hydrogens is 320 g/mol. The Hall–Kier alpha value is -1.95. The molecule has 1 saturated heterocycles. The summed E-state index contributed by atoms with van der Waals surface area (Å²) >= 11 is 0. The first-order valence-corrected chi connectivity index (χ1v) is 9.31. The van der Waals surface area contributed by atoms with Gasteiger partial charge in [-0.3, -0.25) is 0 Å². The number of fused-ring (bicyclic) bond motifs is 1. The van der Waals surface area contributed by atoms with Gasteiger partial charge in [0.25, 0.3) is 0 Å². The van der Waals surface area contributed by atoms with Gasteiger partial charge >= 0.3 is 6.03 Å². The molecule has 0 aromatic heterocycles. The van der Waals surface area contributed by atoms with E-state index in [1.165, 1.54) is 18.4 Å². The summed E-state index contributed by atoms with van der Waals surface area (Å²) in [5, 5.41) is 3.07. The predicted octanol–water partition coefficient (Wildman–Crippen LogP) is 2.38. The van der Waals surface area contributed by atoms with Gasteiger partial charge in [0.1, 0.15) is 13.2 Å². The highest BCUT2D eigenvalue weighted by molar-refractivity contribution is 5.74. The van der Waals surface area contributed by atoms with Crippen molar-refractivity contribution < 1.29 is 19.0 Å². The van der Waals surface area contributed by atoms with Crippen LogP contribution in [0.25, 0.3) is 0 Å². The number of carbonyl (C=O) groups is 1. The number of amides is 2. The van der Waals surface area contributed by atoms with E-state index in [0.29, 0.717) is 52.0 Å². The Labute approximate surface area is 148 Å². The second kappa shape index (κ2) is 7.52. The zero-order valence-electron chi connectivity index (χ0n) is 14.5. The van der Waals surface area contributed by atoms with Crippen LogP contribution in [0, 0.1) is 5.92 Å². The third-order valence-corrected chi connectivity index (χ3v) is 5.22. The van der Waals surface area contributed by atoms with Gasteiger partial charge in [-0.05, 0) is 48.8 Å². The fourth-order valence-corrected chi connectivity index (χ4v) is 3.68. The number of carbonyl (C=O) groups excluding carboxylic acids is 1. The standard InChI is InChI=1S/C19H26N2O4/c22-19(21-7-9-23-10-8-21)20-6-5-16(14-1-2-14)15-3-4-17-18(13-15)25-12-11-24-17/h3-4,13-14,16H,1-2,5-12H2,(H,20,22). The molecule has 3 aliphatic rings. The van der Waals surface area contributed by atoms with Gasteiger partial charge in [-0.15, -0.1) is 0 Å². The molecule has 1 atom stereocenters. The van der Waals surface area contributed by atoms with Crippen molar-refractivity contribution in [3.05, 3.63) is 23.8 Å². The van der Waals surface area contributed by atoms with Crippen molar-refractivity contribution in [3.8, 4) is 11.5 Å². The molecule has 0 spiro atoms. The summed E-state index contributed by atoms with van der Waals surface area (Å²) in [6.07, 6.45) is 3.51. The topological polar surface area (TPSA) is 60.0 Å². The lowest BCUT2D eigenvalue weighted by molar-refractivity contribution is 0.0532. The van der Waals surface area contributed by atoms with Crippen molar-refractivity contribution >= 4 is 6.03 Å². The lowest BCUT2D eigenvalue weighted by atomic mass is 9.90. The zero-order valence-corrected chi connectivity index (χ0v) is 14.5. The number of nitrogens with zero attached hydrogens (tertiary/aromatic N) is 1. The number of urea groups is 1. The Balaban J connectivity index is 1.34. The van der Waals surface area contributed by atoms with E-state index >= 15 is 0 Å². The first kappa shape index (κ1) is 16.5. The van der Waals surface area contributed by atoms with Crippen molar-refractivity contribution in [2.75, 3.05) is 46.1 Å². The number of hydrogen-bond donors (Lipinski definition) is 1. The summed E-state index contributed by atoms with van der Waals surface area (Å²) in [6, 6.07) is 6.33. The molecule has 6 heteroatoms. The van der Waals surface area contributed by atoms with E-state index in [4.69, 9.17) is 14.2 Å². The van der Waals surface area contributed by atoms with E-state index < -0.39 is 0 Å². The van der Waals surface area contributed by atoms with Gasteiger partial charge in [-0.2, -0.15) is 0 Å². The second-order valence-corrected chi connectivity index (χ2v) is 6.97. The number of benzene rings is 1. The van der Waals surface area contributed by atoms with Crippen LogP contribution in [-0.2, 0) is 4.74 Å². The van der Waals surface area contributed by atoms with E-state index in [9.17, 15) is 4.79 Å². The molecule has 1 N–H and O–H groups in total. The summed E-state index contributed by atoms with van der Waals surface area (Å²) in [4.78, 5) is 14.0. The molecule has 1 aromatic carbocycles. The minimum Gasteiger partial charge on any atom is -0.486 e. The number of morpholine rings is 1. The Kier molecular flexibility index (Phi) is 4.97. The molecule has 1 saturated carbocycles. The summed E-state index contributed by atoms with van der Waals surface area (Å²) in [5.74, 6) is 2.89. The van der Waals surface area contributed by atoms with Crippen LogP contribution in [0.5, 0.6) is 11.5 Å². The molecule has 2 fully saturated rings. The number of hydrogen-bond acceptors (Lipinski definition) is 4. The Morgan fingerprint density at radius 1 is 1.12 bits per heavy atom. The largest absolute Gasteiger partial charge is 0.486 e. The van der Waals surface area contributed by atoms with E-state index in [-0.39, 0.29) is 6.03 Å². The maximum absolute atomic E-state index is 12.2. The molecule has 2 aliphatic heterocycles. The van der Waals surface area contributed by atoms with Crippen molar-refractivity contribution in [1.82, 2.24) is 10.2 Å². The van der Waals surface area contributed by atoms with Crippen LogP contribution in [0.15, 0.2) is 18.2 Å². The van der Waals surface area contributed by atoms with Crippen molar-refractivity contribution in [3.63, 3.8) is 0 Å². The quantitative estimate of drug-likeness (QED) is 0.889. The van der Waals surface area contributed by atoms with Gasteiger partial charge in [-0.1, -0.05) is 6.07 Å². The molecule has 1 aromatic rings. The Morgan fingerprint density at radius 3 is 2.64 bits per heavy atom. The molecular formula is C19H26N2O4. The van der Waals surface area contributed by atoms with Gasteiger partial charge < -0.3 is 24.4 Å². The van der Waals surface area contributed by atoms with Crippen LogP contribution in [0.4, 0.5) is 4.79 Å². The molecule has 4 rings (SSSR count). The van der Waals surface area contributed by atoms with Gasteiger partial charge in [0.15, 0.2) is 11.5 Å². The minimum atomic E-state index is 0.0278. The van der Waals surface area contributed by atoms with Crippen molar-refractivity contribution in [1.29, 1.82) is 0 Å². The highest BCUT2D eigenvalue weighted by atomic mass is 16.6. The van der Waals surface area contributed by atoms with Crippen LogP contribution in [0.3, 0.4) is 0 Å². The highest BCUT2D eigenvalue weighted by Gasteiger charge is 2.32. The van der Waals surface area contributed by atoms with Gasteiger partial charge in [0.2, 0.25) is 0 Å². The molecule has 2 amide bonds. The predicted molar refractivity (Wildman–Crippen MR) is 93.3 cm³/mol. The van der Waals surface area contributed by atoms with Crippen LogP contribution >= 0.6 is 0 Å². The minimum absolute atomic E-state index is 0.0278. The highest BCUT2D eigenvalue weighted by Crippen LogP contribution is 2.46. The molecule has 0 bridgehead atoms. The summed E-state index contributed by atoms with van der Waals surface area (Å²) in [5.41, 5.74) is 1.30. The SMILES string of the molecule is O=C(NCCC(c1ccc2c(c1)OCCO2)C1CC1)N1CCOCC1. The summed E-state index contributed by atoms with van der Waals surface area (Å²) in [6.45, 7) is 4.56. The molecule has 25 heavy (non-hydrogen) atoms. The van der Waals surface area contributed by atoms with E-state index in [2.05, 4.69) is 17.4 Å². The third-order valence-electron chi connectivity index (χ3n) is 5.22. The van der Waals surface area contributed by atoms with E-state index in [1.807, 2.05) is 11.0 Å². The van der Waals surface area contributed by atoms with Crippen LogP contribution < -0.4 is 14.8 Å². The van der Waals surface area contributed by atoms with Gasteiger partial charge in [0, 0.05) is 19.6 Å². The molecule has 0 radical (unpaired) electrons. The van der Waals surface area contributed by atoms with Crippen molar-refractivity contribution in [2.45, 2.75) is 25.2 Å². The van der Waals surface area contributed by atoms with E-state index in [0.717, 1.165) is 23.8 Å². The van der Waals surface area contributed by atoms with E-state index in [1.54, 1.807) is 0 Å². The van der Waals surface area contributed by atoms with Crippen LogP contribution in [-0.4, -0.2) is 57.0 Å². The second-order valence-electron chi connectivity index (χ2n) is 6.97. The lowest BCUT2D eigenvalue weighted by Crippen LogP contribution is -2.46. The zero-order chi connectivity index (χ0) is 17.1. The van der Waals surface area contributed by atoms with Crippen LogP contribution in [0.2, 0.25) is 0 Å². The lowest BCUT2D eigenvalue weighted by Gasteiger charge is -2.27. The first-order chi connectivity index (χ1) is 12.3. The molecule has 136 valence electrons. The number of nitrogens with one attached hydrogen (secondary N) is 1. The molecule has 1 aliphatic carbocycles. The molecule has 2 heterocycles. The average molecular weight is 346 g/mol. The summed E-state index contributed by atoms with van der Waals surface area (Å²) < 4.78 is 16.6. The maximum atomic E-state index is 12.2. The Bertz CT molecular complexity index is 611. The first-order valence-electron chi connectivity index (χ1n) is 9.31. The maximum Gasteiger partial charge on any atom is 0.317 e. The normalized spacial score (nSPS) is 20.9. The average Bonchev–Trinajstić information content (AvgIpc) is 3.50. The van der Waals surface area contributed by atoms with Crippen molar-refractivity contribution in [2.24, 2.45) is 5.92 Å². The monoisotopic (exact) mass is 346 g/mol. The smallest absolute Gasteiger partial charge is 0.317 e.